The van der Waals surface area contributed by atoms with E-state index in [1.54, 1.807) is 18.2 Å². The Bertz CT molecular complexity index is 427. The summed E-state index contributed by atoms with van der Waals surface area (Å²) in [6.07, 6.45) is 0.963. The summed E-state index contributed by atoms with van der Waals surface area (Å²) in [6, 6.07) is 4.85. The number of rotatable bonds is 4. The summed E-state index contributed by atoms with van der Waals surface area (Å²) in [7, 11) is 1.45. The molecule has 1 aliphatic rings. The minimum absolute atomic E-state index is 0.125. The lowest BCUT2D eigenvalue weighted by molar-refractivity contribution is 0.0941. The Labute approximate surface area is 106 Å². The van der Waals surface area contributed by atoms with Crippen LogP contribution in [0.5, 0.6) is 11.5 Å². The fourth-order valence-corrected chi connectivity index (χ4v) is 1.95. The van der Waals surface area contributed by atoms with Crippen molar-refractivity contribution in [1.29, 1.82) is 0 Å². The minimum Gasteiger partial charge on any atom is -0.504 e. The van der Waals surface area contributed by atoms with E-state index in [1.807, 2.05) is 0 Å². The molecule has 1 aromatic carbocycles. The normalized spacial score (nSPS) is 18.6. The number of carbonyl (C=O) groups excluding carboxylic acids is 1. The van der Waals surface area contributed by atoms with Crippen molar-refractivity contribution in [3.8, 4) is 11.5 Å². The van der Waals surface area contributed by atoms with Crippen molar-refractivity contribution in [2.75, 3.05) is 26.9 Å². The van der Waals surface area contributed by atoms with Gasteiger partial charge in [-0.2, -0.15) is 0 Å². The van der Waals surface area contributed by atoms with E-state index in [0.717, 1.165) is 13.0 Å². The largest absolute Gasteiger partial charge is 0.504 e. The highest BCUT2D eigenvalue weighted by molar-refractivity contribution is 5.97. The Balaban J connectivity index is 1.99. The highest BCUT2D eigenvalue weighted by atomic mass is 16.5. The maximum atomic E-state index is 11.9. The van der Waals surface area contributed by atoms with Crippen LogP contribution in [0, 0.1) is 5.92 Å². The first-order valence-corrected chi connectivity index (χ1v) is 5.94. The predicted octanol–water partition coefficient (Wildman–Crippen LogP) is 1.17. The lowest BCUT2D eigenvalue weighted by Gasteiger charge is -2.11. The average molecular weight is 251 g/mol. The number of phenols is 1. The molecule has 1 unspecified atom stereocenters. The lowest BCUT2D eigenvalue weighted by Crippen LogP contribution is -2.29. The van der Waals surface area contributed by atoms with Crippen molar-refractivity contribution in [3.05, 3.63) is 23.8 Å². The van der Waals surface area contributed by atoms with Crippen LogP contribution in [0.3, 0.4) is 0 Å². The Hall–Kier alpha value is -1.75. The van der Waals surface area contributed by atoms with Gasteiger partial charge in [-0.05, 0) is 18.6 Å². The van der Waals surface area contributed by atoms with Gasteiger partial charge in [-0.25, -0.2) is 0 Å². The summed E-state index contributed by atoms with van der Waals surface area (Å²) in [5.74, 6) is 0.243. The second-order valence-electron chi connectivity index (χ2n) is 4.30. The van der Waals surface area contributed by atoms with Gasteiger partial charge in [0.25, 0.3) is 5.91 Å². The summed E-state index contributed by atoms with van der Waals surface area (Å²) in [5.41, 5.74) is 0.230. The van der Waals surface area contributed by atoms with Crippen LogP contribution in [0.15, 0.2) is 18.2 Å². The molecule has 1 saturated heterocycles. The fourth-order valence-electron chi connectivity index (χ4n) is 1.95. The van der Waals surface area contributed by atoms with E-state index in [-0.39, 0.29) is 17.2 Å². The monoisotopic (exact) mass is 251 g/mol. The third-order valence-corrected chi connectivity index (χ3v) is 3.04. The number of amides is 1. The van der Waals surface area contributed by atoms with Crippen molar-refractivity contribution in [1.82, 2.24) is 5.32 Å². The summed E-state index contributed by atoms with van der Waals surface area (Å²) in [6.45, 7) is 2.00. The lowest BCUT2D eigenvalue weighted by atomic mass is 10.1. The Morgan fingerprint density at radius 3 is 3.11 bits per heavy atom. The molecule has 1 atom stereocenters. The van der Waals surface area contributed by atoms with Crippen molar-refractivity contribution in [3.63, 3.8) is 0 Å². The van der Waals surface area contributed by atoms with Crippen molar-refractivity contribution in [2.45, 2.75) is 6.42 Å². The van der Waals surface area contributed by atoms with E-state index >= 15 is 0 Å². The minimum atomic E-state index is -0.293. The van der Waals surface area contributed by atoms with Crippen LogP contribution in [-0.2, 0) is 4.74 Å². The highest BCUT2D eigenvalue weighted by Gasteiger charge is 2.19. The molecule has 1 fully saturated rings. The summed E-state index contributed by atoms with van der Waals surface area (Å²) in [4.78, 5) is 11.9. The third kappa shape index (κ3) is 2.73. The summed E-state index contributed by atoms with van der Waals surface area (Å²) >= 11 is 0. The molecular weight excluding hydrogens is 234 g/mol. The first-order valence-electron chi connectivity index (χ1n) is 5.94. The van der Waals surface area contributed by atoms with Crippen LogP contribution < -0.4 is 10.1 Å². The van der Waals surface area contributed by atoms with E-state index in [1.165, 1.54) is 7.11 Å². The van der Waals surface area contributed by atoms with Gasteiger partial charge in [0.1, 0.15) is 0 Å². The smallest absolute Gasteiger partial charge is 0.255 e. The number of carbonyl (C=O) groups is 1. The van der Waals surface area contributed by atoms with E-state index < -0.39 is 0 Å². The molecule has 0 aromatic heterocycles. The zero-order valence-electron chi connectivity index (χ0n) is 10.3. The van der Waals surface area contributed by atoms with E-state index in [4.69, 9.17) is 9.47 Å². The van der Waals surface area contributed by atoms with Crippen molar-refractivity contribution in [2.24, 2.45) is 5.92 Å². The standard InChI is InChI=1S/C13H17NO4/c1-17-11-4-2-3-10(12(11)15)13(16)14-7-9-5-6-18-8-9/h2-4,9,15H,5-8H2,1H3,(H,14,16). The molecule has 0 saturated carbocycles. The number of benzene rings is 1. The number of para-hydroxylation sites is 1. The van der Waals surface area contributed by atoms with Gasteiger partial charge in [0, 0.05) is 19.1 Å². The van der Waals surface area contributed by atoms with Crippen LogP contribution in [0.25, 0.3) is 0 Å². The van der Waals surface area contributed by atoms with Gasteiger partial charge in [-0.3, -0.25) is 4.79 Å². The predicted molar refractivity (Wildman–Crippen MR) is 65.9 cm³/mol. The molecule has 0 aliphatic carbocycles. The molecule has 0 spiro atoms. The number of methoxy groups -OCH3 is 1. The molecule has 1 aromatic rings. The van der Waals surface area contributed by atoms with Gasteiger partial charge in [0.2, 0.25) is 0 Å². The SMILES string of the molecule is COc1cccc(C(=O)NCC2CCOC2)c1O. The van der Waals surface area contributed by atoms with Gasteiger partial charge >= 0.3 is 0 Å². The molecule has 2 N–H and O–H groups in total. The molecular formula is C13H17NO4. The quantitative estimate of drug-likeness (QED) is 0.842. The molecule has 18 heavy (non-hydrogen) atoms. The maximum absolute atomic E-state index is 11.9. The van der Waals surface area contributed by atoms with Crippen LogP contribution >= 0.6 is 0 Å². The molecule has 98 valence electrons. The summed E-state index contributed by atoms with van der Waals surface area (Å²) in [5, 5.41) is 12.6. The van der Waals surface area contributed by atoms with E-state index in [9.17, 15) is 9.90 Å². The molecule has 2 rings (SSSR count). The molecule has 5 heteroatoms. The second kappa shape index (κ2) is 5.73. The first kappa shape index (κ1) is 12.7. The van der Waals surface area contributed by atoms with Gasteiger partial charge in [-0.1, -0.05) is 6.07 Å². The van der Waals surface area contributed by atoms with Crippen LogP contribution in [-0.4, -0.2) is 37.9 Å². The number of aromatic hydroxyl groups is 1. The highest BCUT2D eigenvalue weighted by Crippen LogP contribution is 2.29. The number of nitrogens with one attached hydrogen (secondary N) is 1. The van der Waals surface area contributed by atoms with Gasteiger partial charge in [0.05, 0.1) is 19.3 Å². The molecule has 0 radical (unpaired) electrons. The Morgan fingerprint density at radius 1 is 1.61 bits per heavy atom. The molecule has 1 heterocycles. The zero-order valence-corrected chi connectivity index (χ0v) is 10.3. The average Bonchev–Trinajstić information content (AvgIpc) is 2.89. The van der Waals surface area contributed by atoms with E-state index in [2.05, 4.69) is 5.32 Å². The fraction of sp³-hybridized carbons (Fsp3) is 0.462. The Kier molecular flexibility index (Phi) is 4.04. The molecule has 1 aliphatic heterocycles. The van der Waals surface area contributed by atoms with Crippen LogP contribution in [0.1, 0.15) is 16.8 Å². The molecule has 5 nitrogen and oxygen atoms in total. The van der Waals surface area contributed by atoms with Gasteiger partial charge < -0.3 is 19.9 Å². The summed E-state index contributed by atoms with van der Waals surface area (Å²) < 4.78 is 10.2. The van der Waals surface area contributed by atoms with Gasteiger partial charge in [0.15, 0.2) is 11.5 Å². The topological polar surface area (TPSA) is 67.8 Å². The van der Waals surface area contributed by atoms with Gasteiger partial charge in [-0.15, -0.1) is 0 Å². The number of hydrogen-bond acceptors (Lipinski definition) is 4. The Morgan fingerprint density at radius 2 is 2.44 bits per heavy atom. The van der Waals surface area contributed by atoms with E-state index in [0.29, 0.717) is 24.8 Å². The number of phenolic OH excluding ortho intramolecular Hbond substituents is 1. The first-order chi connectivity index (χ1) is 8.72. The third-order valence-electron chi connectivity index (χ3n) is 3.04. The zero-order chi connectivity index (χ0) is 13.0. The molecule has 1 amide bonds. The molecule has 0 bridgehead atoms. The van der Waals surface area contributed by atoms with Crippen LogP contribution in [0.2, 0.25) is 0 Å². The number of hydrogen-bond donors (Lipinski definition) is 2. The maximum Gasteiger partial charge on any atom is 0.255 e. The van der Waals surface area contributed by atoms with Crippen molar-refractivity contribution >= 4 is 5.91 Å². The van der Waals surface area contributed by atoms with Crippen LogP contribution in [0.4, 0.5) is 0 Å². The van der Waals surface area contributed by atoms with Crippen molar-refractivity contribution < 1.29 is 19.4 Å². The second-order valence-corrected chi connectivity index (χ2v) is 4.30. The number of ether oxygens (including phenoxy) is 2.